The molecule has 0 spiro atoms. The highest BCUT2D eigenvalue weighted by atomic mass is 35.5. The van der Waals surface area contributed by atoms with Crippen LogP contribution in [0, 0.1) is 0 Å². The van der Waals surface area contributed by atoms with Gasteiger partial charge < -0.3 is 14.5 Å². The number of benzene rings is 2. The second-order valence-corrected chi connectivity index (χ2v) is 9.22. The molecule has 7 nitrogen and oxygen atoms in total. The number of thioether (sulfide) groups is 1. The lowest BCUT2D eigenvalue weighted by Crippen LogP contribution is -2.41. The third-order valence-corrected chi connectivity index (χ3v) is 6.72. The van der Waals surface area contributed by atoms with E-state index in [4.69, 9.17) is 20.8 Å². The van der Waals surface area contributed by atoms with E-state index in [1.807, 2.05) is 24.3 Å². The number of hydrogen-bond donors (Lipinski definition) is 1. The minimum absolute atomic E-state index is 0.0678. The third kappa shape index (κ3) is 6.50. The second-order valence-electron chi connectivity index (χ2n) is 7.86. The fourth-order valence-electron chi connectivity index (χ4n) is 3.88. The van der Waals surface area contributed by atoms with Gasteiger partial charge in [-0.15, -0.1) is 10.2 Å². The summed E-state index contributed by atoms with van der Waals surface area (Å²) in [6, 6.07) is 15.4. The highest BCUT2D eigenvalue weighted by Crippen LogP contribution is 2.27. The largest absolute Gasteiger partial charge is 0.497 e. The van der Waals surface area contributed by atoms with Gasteiger partial charge in [0.25, 0.3) is 5.22 Å². The standard InChI is InChI=1S/C24H27ClN4O3S/c1-31-20-11-7-17(8-12-20)21(29-13-3-2-4-14-29)15-26-22(30)16-33-24-28-27-23(32-24)18-5-9-19(25)10-6-18/h5-12,21H,2-4,13-16H2,1H3,(H,26,30). The van der Waals surface area contributed by atoms with Crippen molar-refractivity contribution in [1.82, 2.24) is 20.4 Å². The van der Waals surface area contributed by atoms with Gasteiger partial charge in [0.2, 0.25) is 11.8 Å². The number of aromatic nitrogens is 2. The van der Waals surface area contributed by atoms with Crippen LogP contribution in [0.2, 0.25) is 5.02 Å². The SMILES string of the molecule is COc1ccc(C(CNC(=O)CSc2nnc(-c3ccc(Cl)cc3)o2)N2CCCCC2)cc1. The van der Waals surface area contributed by atoms with E-state index in [0.29, 0.717) is 22.7 Å². The van der Waals surface area contributed by atoms with Crippen LogP contribution in [0.4, 0.5) is 0 Å². The number of nitrogens with zero attached hydrogens (tertiary/aromatic N) is 3. The number of amides is 1. The van der Waals surface area contributed by atoms with Crippen LogP contribution in [0.1, 0.15) is 30.9 Å². The van der Waals surface area contributed by atoms with Crippen molar-refractivity contribution in [2.75, 3.05) is 32.5 Å². The number of halogens is 1. The maximum absolute atomic E-state index is 12.6. The maximum atomic E-state index is 12.6. The number of methoxy groups -OCH3 is 1. The number of nitrogens with one attached hydrogen (secondary N) is 1. The van der Waals surface area contributed by atoms with Gasteiger partial charge in [0.05, 0.1) is 18.9 Å². The second kappa shape index (κ2) is 11.5. The summed E-state index contributed by atoms with van der Waals surface area (Å²) in [5.74, 6) is 1.37. The Hall–Kier alpha value is -2.55. The Bertz CT molecular complexity index is 1040. The van der Waals surface area contributed by atoms with Crippen LogP contribution in [-0.2, 0) is 4.79 Å². The van der Waals surface area contributed by atoms with E-state index in [0.717, 1.165) is 24.4 Å². The molecule has 1 aliphatic rings. The molecule has 174 valence electrons. The topological polar surface area (TPSA) is 80.5 Å². The van der Waals surface area contributed by atoms with Gasteiger partial charge in [-0.1, -0.05) is 41.9 Å². The molecule has 0 bridgehead atoms. The molecule has 3 aromatic rings. The van der Waals surface area contributed by atoms with Gasteiger partial charge in [-0.25, -0.2) is 0 Å². The lowest BCUT2D eigenvalue weighted by molar-refractivity contribution is -0.118. The first-order valence-corrected chi connectivity index (χ1v) is 12.4. The van der Waals surface area contributed by atoms with Crippen molar-refractivity contribution in [3.05, 3.63) is 59.1 Å². The molecular weight excluding hydrogens is 460 g/mol. The first-order chi connectivity index (χ1) is 16.1. The molecule has 33 heavy (non-hydrogen) atoms. The van der Waals surface area contributed by atoms with Gasteiger partial charge in [0.15, 0.2) is 0 Å². The van der Waals surface area contributed by atoms with E-state index in [2.05, 4.69) is 32.5 Å². The molecule has 9 heteroatoms. The van der Waals surface area contributed by atoms with Gasteiger partial charge in [0.1, 0.15) is 5.75 Å². The van der Waals surface area contributed by atoms with E-state index in [1.54, 1.807) is 19.2 Å². The van der Waals surface area contributed by atoms with Crippen LogP contribution in [-0.4, -0.2) is 53.5 Å². The van der Waals surface area contributed by atoms with E-state index in [-0.39, 0.29) is 17.7 Å². The molecule has 0 aliphatic carbocycles. The predicted molar refractivity (Wildman–Crippen MR) is 130 cm³/mol. The Morgan fingerprint density at radius 2 is 1.85 bits per heavy atom. The molecule has 1 amide bonds. The van der Waals surface area contributed by atoms with Crippen molar-refractivity contribution >= 4 is 29.3 Å². The number of hydrogen-bond acceptors (Lipinski definition) is 7. The summed E-state index contributed by atoms with van der Waals surface area (Å²) in [5.41, 5.74) is 1.96. The van der Waals surface area contributed by atoms with E-state index < -0.39 is 0 Å². The van der Waals surface area contributed by atoms with E-state index >= 15 is 0 Å². The smallest absolute Gasteiger partial charge is 0.277 e. The molecule has 2 heterocycles. The van der Waals surface area contributed by atoms with E-state index in [9.17, 15) is 4.79 Å². The van der Waals surface area contributed by atoms with Crippen LogP contribution in [0.3, 0.4) is 0 Å². The normalized spacial score (nSPS) is 15.2. The van der Waals surface area contributed by atoms with Crippen molar-refractivity contribution < 1.29 is 13.9 Å². The predicted octanol–water partition coefficient (Wildman–Crippen LogP) is 4.83. The molecule has 4 rings (SSSR count). The summed E-state index contributed by atoms with van der Waals surface area (Å²) in [6.45, 7) is 2.62. The third-order valence-electron chi connectivity index (χ3n) is 5.65. The molecule has 1 saturated heterocycles. The van der Waals surface area contributed by atoms with Crippen LogP contribution in [0.5, 0.6) is 5.75 Å². The number of rotatable bonds is 9. The highest BCUT2D eigenvalue weighted by molar-refractivity contribution is 7.99. The average molecular weight is 487 g/mol. The fraction of sp³-hybridized carbons (Fsp3) is 0.375. The first kappa shape index (κ1) is 23.6. The summed E-state index contributed by atoms with van der Waals surface area (Å²) in [7, 11) is 1.66. The van der Waals surface area contributed by atoms with Crippen LogP contribution in [0.25, 0.3) is 11.5 Å². The lowest BCUT2D eigenvalue weighted by atomic mass is 10.0. The van der Waals surface area contributed by atoms with Crippen molar-refractivity contribution in [1.29, 1.82) is 0 Å². The zero-order valence-corrected chi connectivity index (χ0v) is 20.1. The minimum atomic E-state index is -0.0678. The molecular formula is C24H27ClN4O3S. The number of piperidine rings is 1. The number of carbonyl (C=O) groups is 1. The molecule has 1 aromatic heterocycles. The molecule has 1 atom stereocenters. The lowest BCUT2D eigenvalue weighted by Gasteiger charge is -2.35. The molecule has 1 fully saturated rings. The van der Waals surface area contributed by atoms with E-state index in [1.165, 1.54) is 36.6 Å². The molecule has 0 radical (unpaired) electrons. The molecule has 1 aliphatic heterocycles. The summed E-state index contributed by atoms with van der Waals surface area (Å²) in [6.07, 6.45) is 3.63. The quantitative estimate of drug-likeness (QED) is 0.433. The molecule has 1 unspecified atom stereocenters. The van der Waals surface area contributed by atoms with Gasteiger partial charge in [0, 0.05) is 17.1 Å². The Kier molecular flexibility index (Phi) is 8.25. The fourth-order valence-corrected chi connectivity index (χ4v) is 4.60. The Morgan fingerprint density at radius 1 is 1.12 bits per heavy atom. The Labute approximate surface area is 202 Å². The molecule has 2 aromatic carbocycles. The minimum Gasteiger partial charge on any atom is -0.497 e. The van der Waals surface area contributed by atoms with Gasteiger partial charge in [-0.3, -0.25) is 9.69 Å². The van der Waals surface area contributed by atoms with Gasteiger partial charge in [-0.2, -0.15) is 0 Å². The highest BCUT2D eigenvalue weighted by Gasteiger charge is 2.23. The van der Waals surface area contributed by atoms with Crippen LogP contribution >= 0.6 is 23.4 Å². The Morgan fingerprint density at radius 3 is 2.55 bits per heavy atom. The molecule has 0 saturated carbocycles. The van der Waals surface area contributed by atoms with Crippen molar-refractivity contribution in [3.8, 4) is 17.2 Å². The summed E-state index contributed by atoms with van der Waals surface area (Å²) in [4.78, 5) is 15.0. The van der Waals surface area contributed by atoms with Crippen LogP contribution < -0.4 is 10.1 Å². The van der Waals surface area contributed by atoms with Crippen molar-refractivity contribution in [3.63, 3.8) is 0 Å². The summed E-state index contributed by atoms with van der Waals surface area (Å²) >= 11 is 7.15. The Balaban J connectivity index is 1.33. The number of likely N-dealkylation sites (tertiary alicyclic amines) is 1. The monoisotopic (exact) mass is 486 g/mol. The first-order valence-electron chi connectivity index (χ1n) is 11.0. The summed E-state index contributed by atoms with van der Waals surface area (Å²) in [5, 5.41) is 12.2. The number of ether oxygens (including phenoxy) is 1. The van der Waals surface area contributed by atoms with Crippen molar-refractivity contribution in [2.45, 2.75) is 30.5 Å². The maximum Gasteiger partial charge on any atom is 0.277 e. The average Bonchev–Trinajstić information content (AvgIpc) is 3.33. The number of carbonyl (C=O) groups excluding carboxylic acids is 1. The van der Waals surface area contributed by atoms with Crippen LogP contribution in [0.15, 0.2) is 58.2 Å². The van der Waals surface area contributed by atoms with Crippen molar-refractivity contribution in [2.24, 2.45) is 0 Å². The van der Waals surface area contributed by atoms with Gasteiger partial charge >= 0.3 is 0 Å². The zero-order valence-electron chi connectivity index (χ0n) is 18.5. The summed E-state index contributed by atoms with van der Waals surface area (Å²) < 4.78 is 11.0. The van der Waals surface area contributed by atoms with Gasteiger partial charge in [-0.05, 0) is 67.9 Å². The molecule has 1 N–H and O–H groups in total. The zero-order chi connectivity index (χ0) is 23.0.